The molecular weight excluding hydrogens is 380 g/mol. The van der Waals surface area contributed by atoms with Crippen molar-refractivity contribution in [1.82, 2.24) is 4.98 Å². The molecule has 0 fully saturated rings. The number of halogens is 1. The average Bonchev–Trinajstić information content (AvgIpc) is 2.69. The molecule has 2 aromatic carbocycles. The minimum Gasteiger partial charge on any atom is -0.497 e. The zero-order valence-electron chi connectivity index (χ0n) is 15.4. The number of carbonyl (C=O) groups is 1. The van der Waals surface area contributed by atoms with Gasteiger partial charge in [0.05, 0.1) is 7.11 Å². The SMILES string of the molecule is COc1cccc(CCNc2cc3c(=O)c(C(=O)O)c[nH]c3cc2CCCl)c1. The van der Waals surface area contributed by atoms with Crippen LogP contribution < -0.4 is 15.5 Å². The third-order valence-electron chi connectivity index (χ3n) is 4.56. The zero-order chi connectivity index (χ0) is 20.1. The molecule has 0 aliphatic carbocycles. The number of rotatable bonds is 8. The molecule has 0 aliphatic rings. The van der Waals surface area contributed by atoms with E-state index in [1.54, 1.807) is 13.2 Å². The molecule has 0 amide bonds. The second kappa shape index (κ2) is 8.80. The standard InChI is InChI=1S/C21H21ClN2O4/c1-28-15-4-2-3-13(9-15)6-8-23-18-11-16-19(10-14(18)5-7-22)24-12-17(20(16)25)21(26)27/h2-4,9-12,23H,5-8H2,1H3,(H,24,25)(H,26,27). The Morgan fingerprint density at radius 3 is 2.79 bits per heavy atom. The number of anilines is 1. The summed E-state index contributed by atoms with van der Waals surface area (Å²) in [6, 6.07) is 11.4. The van der Waals surface area contributed by atoms with Crippen molar-refractivity contribution >= 4 is 34.2 Å². The average molecular weight is 401 g/mol. The van der Waals surface area contributed by atoms with E-state index >= 15 is 0 Å². The summed E-state index contributed by atoms with van der Waals surface area (Å²) < 4.78 is 5.24. The summed E-state index contributed by atoms with van der Waals surface area (Å²) in [5, 5.41) is 12.9. The van der Waals surface area contributed by atoms with E-state index in [1.165, 1.54) is 6.20 Å². The van der Waals surface area contributed by atoms with Crippen LogP contribution in [0.2, 0.25) is 0 Å². The maximum Gasteiger partial charge on any atom is 0.341 e. The van der Waals surface area contributed by atoms with Crippen molar-refractivity contribution in [2.75, 3.05) is 24.9 Å². The molecule has 1 aromatic heterocycles. The molecule has 146 valence electrons. The van der Waals surface area contributed by atoms with Crippen molar-refractivity contribution in [3.05, 3.63) is 69.5 Å². The number of hydrogen-bond donors (Lipinski definition) is 3. The highest BCUT2D eigenvalue weighted by Gasteiger charge is 2.14. The first-order valence-electron chi connectivity index (χ1n) is 8.88. The predicted molar refractivity (Wildman–Crippen MR) is 111 cm³/mol. The fraction of sp³-hybridized carbons (Fsp3) is 0.238. The number of carboxylic acid groups (broad SMARTS) is 1. The monoisotopic (exact) mass is 400 g/mol. The topological polar surface area (TPSA) is 91.4 Å². The molecule has 0 bridgehead atoms. The molecule has 0 aliphatic heterocycles. The van der Waals surface area contributed by atoms with Crippen molar-refractivity contribution < 1.29 is 14.6 Å². The summed E-state index contributed by atoms with van der Waals surface area (Å²) in [6.45, 7) is 0.643. The van der Waals surface area contributed by atoms with Crippen LogP contribution in [-0.2, 0) is 12.8 Å². The lowest BCUT2D eigenvalue weighted by molar-refractivity contribution is 0.0695. The van der Waals surface area contributed by atoms with E-state index in [9.17, 15) is 14.7 Å². The molecule has 7 heteroatoms. The van der Waals surface area contributed by atoms with Gasteiger partial charge in [-0.3, -0.25) is 4.79 Å². The lowest BCUT2D eigenvalue weighted by Gasteiger charge is -2.14. The number of carboxylic acids is 1. The van der Waals surface area contributed by atoms with Gasteiger partial charge in [0.25, 0.3) is 0 Å². The summed E-state index contributed by atoms with van der Waals surface area (Å²) in [7, 11) is 1.63. The second-order valence-electron chi connectivity index (χ2n) is 6.36. The van der Waals surface area contributed by atoms with Crippen LogP contribution in [0.1, 0.15) is 21.5 Å². The number of aromatic carboxylic acids is 1. The number of fused-ring (bicyclic) bond motifs is 1. The molecule has 0 saturated heterocycles. The van der Waals surface area contributed by atoms with Crippen molar-refractivity contribution in [1.29, 1.82) is 0 Å². The number of H-pyrrole nitrogens is 1. The molecule has 3 N–H and O–H groups in total. The van der Waals surface area contributed by atoms with Crippen LogP contribution in [0.15, 0.2) is 47.4 Å². The molecule has 3 aromatic rings. The van der Waals surface area contributed by atoms with Gasteiger partial charge in [-0.2, -0.15) is 0 Å². The largest absolute Gasteiger partial charge is 0.497 e. The van der Waals surface area contributed by atoms with Crippen LogP contribution in [0, 0.1) is 0 Å². The summed E-state index contributed by atoms with van der Waals surface area (Å²) in [5.74, 6) is -0.00710. The van der Waals surface area contributed by atoms with Crippen molar-refractivity contribution in [2.45, 2.75) is 12.8 Å². The Bertz CT molecular complexity index is 1060. The van der Waals surface area contributed by atoms with E-state index in [0.29, 0.717) is 29.7 Å². The minimum atomic E-state index is -1.25. The van der Waals surface area contributed by atoms with Gasteiger partial charge in [0.2, 0.25) is 5.43 Å². The number of nitrogens with one attached hydrogen (secondary N) is 2. The molecule has 0 unspecified atom stereocenters. The number of hydrogen-bond acceptors (Lipinski definition) is 4. The zero-order valence-corrected chi connectivity index (χ0v) is 16.2. The Labute approximate surface area is 167 Å². The van der Waals surface area contributed by atoms with E-state index in [1.807, 2.05) is 30.3 Å². The fourth-order valence-electron chi connectivity index (χ4n) is 3.11. The van der Waals surface area contributed by atoms with Gasteiger partial charge >= 0.3 is 5.97 Å². The Balaban J connectivity index is 1.89. The molecule has 3 rings (SSSR count). The minimum absolute atomic E-state index is 0.278. The van der Waals surface area contributed by atoms with E-state index in [0.717, 1.165) is 29.0 Å². The van der Waals surface area contributed by atoms with Gasteiger partial charge in [0.15, 0.2) is 0 Å². The van der Waals surface area contributed by atoms with Crippen molar-refractivity contribution in [3.63, 3.8) is 0 Å². The Morgan fingerprint density at radius 2 is 2.07 bits per heavy atom. The normalized spacial score (nSPS) is 10.8. The first-order valence-corrected chi connectivity index (χ1v) is 9.41. The van der Waals surface area contributed by atoms with Gasteiger partial charge < -0.3 is 20.1 Å². The number of aromatic amines is 1. The molecule has 6 nitrogen and oxygen atoms in total. The van der Waals surface area contributed by atoms with E-state index < -0.39 is 11.4 Å². The lowest BCUT2D eigenvalue weighted by Crippen LogP contribution is -2.16. The molecule has 0 radical (unpaired) electrons. The summed E-state index contributed by atoms with van der Waals surface area (Å²) >= 11 is 5.93. The van der Waals surface area contributed by atoms with E-state index in [4.69, 9.17) is 16.3 Å². The van der Waals surface area contributed by atoms with Gasteiger partial charge in [-0.25, -0.2) is 4.79 Å². The highest BCUT2D eigenvalue weighted by Crippen LogP contribution is 2.23. The predicted octanol–water partition coefficient (Wildman–Crippen LogP) is 3.67. The molecular formula is C21H21ClN2O4. The van der Waals surface area contributed by atoms with Crippen LogP contribution in [0.3, 0.4) is 0 Å². The summed E-state index contributed by atoms with van der Waals surface area (Å²) in [6.07, 6.45) is 2.62. The molecule has 0 atom stereocenters. The number of aryl methyl sites for hydroxylation is 1. The number of alkyl halides is 1. The van der Waals surface area contributed by atoms with Crippen LogP contribution >= 0.6 is 11.6 Å². The van der Waals surface area contributed by atoms with Crippen LogP contribution in [0.25, 0.3) is 10.9 Å². The number of aromatic nitrogens is 1. The smallest absolute Gasteiger partial charge is 0.341 e. The van der Waals surface area contributed by atoms with Crippen molar-refractivity contribution in [2.24, 2.45) is 0 Å². The number of pyridine rings is 1. The fourth-order valence-corrected chi connectivity index (χ4v) is 3.32. The molecule has 28 heavy (non-hydrogen) atoms. The highest BCUT2D eigenvalue weighted by atomic mass is 35.5. The number of ether oxygens (including phenoxy) is 1. The van der Waals surface area contributed by atoms with E-state index in [-0.39, 0.29) is 5.56 Å². The summed E-state index contributed by atoms with van der Waals surface area (Å²) in [5.41, 5.74) is 2.68. The van der Waals surface area contributed by atoms with Crippen molar-refractivity contribution in [3.8, 4) is 5.75 Å². The van der Waals surface area contributed by atoms with Crippen LogP contribution in [0.4, 0.5) is 5.69 Å². The van der Waals surface area contributed by atoms with Gasteiger partial charge in [-0.1, -0.05) is 12.1 Å². The van der Waals surface area contributed by atoms with Crippen LogP contribution in [-0.4, -0.2) is 35.6 Å². The van der Waals surface area contributed by atoms with Crippen LogP contribution in [0.5, 0.6) is 5.75 Å². The Kier molecular flexibility index (Phi) is 6.21. The van der Waals surface area contributed by atoms with Gasteiger partial charge in [-0.15, -0.1) is 11.6 Å². The van der Waals surface area contributed by atoms with Gasteiger partial charge in [-0.05, 0) is 48.2 Å². The Hall–Kier alpha value is -2.99. The maximum atomic E-state index is 12.5. The van der Waals surface area contributed by atoms with E-state index in [2.05, 4.69) is 10.3 Å². The second-order valence-corrected chi connectivity index (χ2v) is 6.74. The maximum absolute atomic E-state index is 12.5. The highest BCUT2D eigenvalue weighted by molar-refractivity contribution is 6.18. The van der Waals surface area contributed by atoms with Gasteiger partial charge in [0.1, 0.15) is 11.3 Å². The molecule has 0 saturated carbocycles. The van der Waals surface area contributed by atoms with Gasteiger partial charge in [0, 0.05) is 35.2 Å². The Morgan fingerprint density at radius 1 is 1.25 bits per heavy atom. The first kappa shape index (κ1) is 19.8. The lowest BCUT2D eigenvalue weighted by atomic mass is 10.0. The quantitative estimate of drug-likeness (QED) is 0.502. The molecule has 0 spiro atoms. The number of methoxy groups -OCH3 is 1. The summed E-state index contributed by atoms with van der Waals surface area (Å²) in [4.78, 5) is 26.6. The third kappa shape index (κ3) is 4.28. The first-order chi connectivity index (χ1) is 13.5. The molecule has 1 heterocycles. The number of benzene rings is 2. The third-order valence-corrected chi connectivity index (χ3v) is 4.75.